The zero-order valence-electron chi connectivity index (χ0n) is 14.9. The van der Waals surface area contributed by atoms with Crippen LogP contribution in [0, 0.1) is 5.92 Å². The average molecular weight is 362 g/mol. The zero-order valence-corrected chi connectivity index (χ0v) is 15.7. The minimum absolute atomic E-state index is 0. The molecule has 0 N–H and O–H groups in total. The van der Waals surface area contributed by atoms with Crippen LogP contribution in [0.2, 0.25) is 0 Å². The Kier molecular flexibility index (Phi) is 8.26. The molecule has 3 rings (SSSR count). The lowest BCUT2D eigenvalue weighted by molar-refractivity contribution is 0.0318. The Morgan fingerprint density at radius 3 is 2.28 bits per heavy atom. The Labute approximate surface area is 157 Å². The molecule has 1 aliphatic rings. The molecular weight excluding hydrogens is 334 g/mol. The summed E-state index contributed by atoms with van der Waals surface area (Å²) < 4.78 is 11.2. The van der Waals surface area contributed by atoms with E-state index in [0.29, 0.717) is 12.5 Å². The number of para-hydroxylation sites is 1. The van der Waals surface area contributed by atoms with E-state index < -0.39 is 0 Å². The van der Waals surface area contributed by atoms with Crippen molar-refractivity contribution in [2.45, 2.75) is 20.0 Å². The summed E-state index contributed by atoms with van der Waals surface area (Å²) in [6.45, 7) is 8.00. The average Bonchev–Trinajstić information content (AvgIpc) is 2.63. The molecule has 0 aromatic heterocycles. The molecule has 3 nitrogen and oxygen atoms in total. The van der Waals surface area contributed by atoms with Crippen LogP contribution < -0.4 is 4.74 Å². The van der Waals surface area contributed by atoms with Gasteiger partial charge >= 0.3 is 0 Å². The molecule has 0 amide bonds. The smallest absolute Gasteiger partial charge is 0.119 e. The van der Waals surface area contributed by atoms with Crippen molar-refractivity contribution in [2.75, 3.05) is 32.8 Å². The second-order valence-corrected chi connectivity index (χ2v) is 6.64. The number of ether oxygens (including phenoxy) is 2. The van der Waals surface area contributed by atoms with E-state index in [2.05, 4.69) is 36.1 Å². The molecular formula is C21H28ClNO2. The predicted molar refractivity (Wildman–Crippen MR) is 105 cm³/mol. The Morgan fingerprint density at radius 2 is 1.60 bits per heavy atom. The highest BCUT2D eigenvalue weighted by molar-refractivity contribution is 5.85. The molecule has 1 fully saturated rings. The van der Waals surface area contributed by atoms with Crippen LogP contribution in [0.15, 0.2) is 54.6 Å². The monoisotopic (exact) mass is 361 g/mol. The fourth-order valence-corrected chi connectivity index (χ4v) is 3.15. The molecule has 1 heterocycles. The van der Waals surface area contributed by atoms with Crippen LogP contribution in [0.1, 0.15) is 18.1 Å². The van der Waals surface area contributed by atoms with Crippen LogP contribution in [0.4, 0.5) is 0 Å². The summed E-state index contributed by atoms with van der Waals surface area (Å²) >= 11 is 0. The molecule has 1 aliphatic heterocycles. The molecule has 1 saturated heterocycles. The Hall–Kier alpha value is -1.55. The van der Waals surface area contributed by atoms with Crippen molar-refractivity contribution >= 4 is 12.4 Å². The number of hydrogen-bond donors (Lipinski definition) is 0. The molecule has 0 bridgehead atoms. The standard InChI is InChI=1S/C21H27NO2.ClH/c1-18(16-22-11-13-23-14-12-22)15-19-7-9-20(10-8-19)17-24-21-5-3-2-4-6-21;/h2-10,18H,11-17H2,1H3;1H. The molecule has 2 aromatic carbocycles. The summed E-state index contributed by atoms with van der Waals surface area (Å²) in [5, 5.41) is 0. The van der Waals surface area contributed by atoms with Gasteiger partial charge in [-0.2, -0.15) is 0 Å². The molecule has 4 heteroatoms. The third kappa shape index (κ3) is 6.69. The molecule has 0 radical (unpaired) electrons. The predicted octanol–water partition coefficient (Wildman–Crippen LogP) is 4.20. The zero-order chi connectivity index (χ0) is 16.6. The minimum atomic E-state index is 0. The van der Waals surface area contributed by atoms with Crippen LogP contribution in [-0.4, -0.2) is 37.7 Å². The van der Waals surface area contributed by atoms with Gasteiger partial charge in [0.1, 0.15) is 12.4 Å². The van der Waals surface area contributed by atoms with Gasteiger partial charge in [-0.15, -0.1) is 12.4 Å². The van der Waals surface area contributed by atoms with Gasteiger partial charge < -0.3 is 9.47 Å². The molecule has 0 spiro atoms. The number of nitrogens with zero attached hydrogens (tertiary/aromatic N) is 1. The molecule has 0 aliphatic carbocycles. The van der Waals surface area contributed by atoms with E-state index in [0.717, 1.165) is 45.0 Å². The van der Waals surface area contributed by atoms with E-state index in [-0.39, 0.29) is 12.4 Å². The van der Waals surface area contributed by atoms with E-state index >= 15 is 0 Å². The Bertz CT molecular complexity index is 597. The summed E-state index contributed by atoms with van der Waals surface area (Å²) in [4.78, 5) is 2.51. The van der Waals surface area contributed by atoms with Crippen molar-refractivity contribution in [1.82, 2.24) is 4.90 Å². The topological polar surface area (TPSA) is 21.7 Å². The maximum absolute atomic E-state index is 5.80. The minimum Gasteiger partial charge on any atom is -0.489 e. The second-order valence-electron chi connectivity index (χ2n) is 6.64. The number of benzene rings is 2. The first-order valence-corrected chi connectivity index (χ1v) is 8.85. The van der Waals surface area contributed by atoms with Crippen molar-refractivity contribution in [1.29, 1.82) is 0 Å². The largest absolute Gasteiger partial charge is 0.489 e. The third-order valence-corrected chi connectivity index (χ3v) is 4.43. The summed E-state index contributed by atoms with van der Waals surface area (Å²) in [5.41, 5.74) is 2.61. The van der Waals surface area contributed by atoms with Crippen LogP contribution in [-0.2, 0) is 17.8 Å². The van der Waals surface area contributed by atoms with Crippen molar-refractivity contribution in [3.05, 3.63) is 65.7 Å². The summed E-state index contributed by atoms with van der Waals surface area (Å²) in [6, 6.07) is 18.8. The highest BCUT2D eigenvalue weighted by atomic mass is 35.5. The van der Waals surface area contributed by atoms with Gasteiger partial charge in [-0.1, -0.05) is 49.4 Å². The van der Waals surface area contributed by atoms with Gasteiger partial charge in [0.15, 0.2) is 0 Å². The highest BCUT2D eigenvalue weighted by Crippen LogP contribution is 2.15. The van der Waals surface area contributed by atoms with Gasteiger partial charge in [0, 0.05) is 19.6 Å². The Morgan fingerprint density at radius 1 is 0.960 bits per heavy atom. The van der Waals surface area contributed by atoms with E-state index in [9.17, 15) is 0 Å². The van der Waals surface area contributed by atoms with Gasteiger partial charge in [-0.3, -0.25) is 4.90 Å². The van der Waals surface area contributed by atoms with Crippen LogP contribution in [0.5, 0.6) is 5.75 Å². The number of hydrogen-bond acceptors (Lipinski definition) is 3. The van der Waals surface area contributed by atoms with E-state index in [4.69, 9.17) is 9.47 Å². The summed E-state index contributed by atoms with van der Waals surface area (Å²) in [7, 11) is 0. The molecule has 25 heavy (non-hydrogen) atoms. The lowest BCUT2D eigenvalue weighted by atomic mass is 9.99. The van der Waals surface area contributed by atoms with Gasteiger partial charge in [-0.05, 0) is 35.6 Å². The lowest BCUT2D eigenvalue weighted by Crippen LogP contribution is -2.39. The highest BCUT2D eigenvalue weighted by Gasteiger charge is 2.14. The quantitative estimate of drug-likeness (QED) is 0.737. The van der Waals surface area contributed by atoms with Crippen LogP contribution in [0.25, 0.3) is 0 Å². The third-order valence-electron chi connectivity index (χ3n) is 4.43. The number of rotatable bonds is 7. The lowest BCUT2D eigenvalue weighted by Gasteiger charge is -2.29. The summed E-state index contributed by atoms with van der Waals surface area (Å²) in [6.07, 6.45) is 1.12. The maximum atomic E-state index is 5.80. The molecule has 1 atom stereocenters. The van der Waals surface area contributed by atoms with Gasteiger partial charge in [-0.25, -0.2) is 0 Å². The van der Waals surface area contributed by atoms with E-state index in [1.807, 2.05) is 30.3 Å². The van der Waals surface area contributed by atoms with Gasteiger partial charge in [0.05, 0.1) is 13.2 Å². The first-order valence-electron chi connectivity index (χ1n) is 8.85. The molecule has 1 unspecified atom stereocenters. The SMILES string of the molecule is CC(Cc1ccc(COc2ccccc2)cc1)CN1CCOCC1.Cl. The van der Waals surface area contributed by atoms with Crippen molar-refractivity contribution in [2.24, 2.45) is 5.92 Å². The first-order chi connectivity index (χ1) is 11.8. The van der Waals surface area contributed by atoms with Gasteiger partial charge in [0.25, 0.3) is 0 Å². The first kappa shape index (κ1) is 19.8. The number of halogens is 1. The Balaban J connectivity index is 0.00000225. The van der Waals surface area contributed by atoms with Crippen LogP contribution in [0.3, 0.4) is 0 Å². The van der Waals surface area contributed by atoms with Crippen molar-refractivity contribution < 1.29 is 9.47 Å². The molecule has 0 saturated carbocycles. The van der Waals surface area contributed by atoms with E-state index in [1.54, 1.807) is 0 Å². The fourth-order valence-electron chi connectivity index (χ4n) is 3.15. The number of morpholine rings is 1. The van der Waals surface area contributed by atoms with E-state index in [1.165, 1.54) is 11.1 Å². The van der Waals surface area contributed by atoms with Gasteiger partial charge in [0.2, 0.25) is 0 Å². The normalized spacial score (nSPS) is 16.0. The maximum Gasteiger partial charge on any atom is 0.119 e. The molecule has 136 valence electrons. The fraction of sp³-hybridized carbons (Fsp3) is 0.429. The van der Waals surface area contributed by atoms with Crippen molar-refractivity contribution in [3.63, 3.8) is 0 Å². The van der Waals surface area contributed by atoms with Crippen molar-refractivity contribution in [3.8, 4) is 5.75 Å². The second kappa shape index (κ2) is 10.4. The summed E-state index contributed by atoms with van der Waals surface area (Å²) in [5.74, 6) is 1.58. The molecule has 2 aromatic rings. The van der Waals surface area contributed by atoms with Crippen LogP contribution >= 0.6 is 12.4 Å².